The Bertz CT molecular complexity index is 571. The summed E-state index contributed by atoms with van der Waals surface area (Å²) < 4.78 is 0. The molecule has 3 amide bonds. The number of hydrogen-bond acceptors (Lipinski definition) is 4. The average molecular weight is 289 g/mol. The summed E-state index contributed by atoms with van der Waals surface area (Å²) in [5.74, 6) is -1.16. The van der Waals surface area contributed by atoms with Gasteiger partial charge in [0.15, 0.2) is 0 Å². The van der Waals surface area contributed by atoms with Gasteiger partial charge in [-0.3, -0.25) is 19.7 Å². The number of benzene rings is 1. The maximum Gasteiger partial charge on any atom is 0.255 e. The lowest BCUT2D eigenvalue weighted by Gasteiger charge is -2.33. The first kappa shape index (κ1) is 15.2. The highest BCUT2D eigenvalue weighted by molar-refractivity contribution is 6.07. The summed E-state index contributed by atoms with van der Waals surface area (Å²) in [6, 6.07) is 6.54. The SMILES string of the molecule is CCC1C(=O)NC(=O)CN1C(=O)c1ccccc1CCN. The van der Waals surface area contributed by atoms with E-state index >= 15 is 0 Å². The van der Waals surface area contributed by atoms with Gasteiger partial charge in [-0.2, -0.15) is 0 Å². The summed E-state index contributed by atoms with van der Waals surface area (Å²) in [6.45, 7) is 2.15. The number of rotatable bonds is 4. The van der Waals surface area contributed by atoms with E-state index in [1.807, 2.05) is 19.1 Å². The summed E-state index contributed by atoms with van der Waals surface area (Å²) in [5, 5.41) is 2.26. The number of nitrogens with one attached hydrogen (secondary N) is 1. The number of imide groups is 1. The zero-order valence-corrected chi connectivity index (χ0v) is 12.0. The molecule has 1 saturated heterocycles. The Labute approximate surface area is 123 Å². The molecule has 1 aliphatic rings. The second-order valence-corrected chi connectivity index (χ2v) is 4.97. The largest absolute Gasteiger partial charge is 0.330 e. The molecule has 1 aliphatic heterocycles. The second-order valence-electron chi connectivity index (χ2n) is 4.97. The van der Waals surface area contributed by atoms with Crippen LogP contribution in [0, 0.1) is 0 Å². The van der Waals surface area contributed by atoms with Gasteiger partial charge in [0.2, 0.25) is 11.8 Å². The minimum Gasteiger partial charge on any atom is -0.330 e. The Hall–Kier alpha value is -2.21. The van der Waals surface area contributed by atoms with Gasteiger partial charge in [-0.1, -0.05) is 25.1 Å². The van der Waals surface area contributed by atoms with Crippen molar-refractivity contribution in [3.05, 3.63) is 35.4 Å². The molecule has 21 heavy (non-hydrogen) atoms. The Morgan fingerprint density at radius 1 is 1.38 bits per heavy atom. The summed E-state index contributed by atoms with van der Waals surface area (Å²) in [7, 11) is 0. The van der Waals surface area contributed by atoms with Crippen molar-refractivity contribution in [1.29, 1.82) is 0 Å². The van der Waals surface area contributed by atoms with Gasteiger partial charge in [0, 0.05) is 5.56 Å². The molecule has 0 spiro atoms. The van der Waals surface area contributed by atoms with Crippen molar-refractivity contribution in [3.63, 3.8) is 0 Å². The second kappa shape index (κ2) is 6.49. The van der Waals surface area contributed by atoms with E-state index in [1.54, 1.807) is 12.1 Å². The van der Waals surface area contributed by atoms with Crippen molar-refractivity contribution in [1.82, 2.24) is 10.2 Å². The molecular weight excluding hydrogens is 270 g/mol. The number of hydrogen-bond donors (Lipinski definition) is 2. The number of carbonyl (C=O) groups excluding carboxylic acids is 3. The van der Waals surface area contributed by atoms with Crippen LogP contribution in [0.25, 0.3) is 0 Å². The molecular formula is C15H19N3O3. The van der Waals surface area contributed by atoms with Crippen LogP contribution in [-0.4, -0.2) is 41.8 Å². The zero-order valence-electron chi connectivity index (χ0n) is 12.0. The van der Waals surface area contributed by atoms with E-state index in [0.717, 1.165) is 5.56 Å². The van der Waals surface area contributed by atoms with Gasteiger partial charge in [-0.05, 0) is 31.0 Å². The molecule has 2 rings (SSSR count). The summed E-state index contributed by atoms with van der Waals surface area (Å²) in [5.41, 5.74) is 6.90. The predicted octanol–water partition coefficient (Wildman–Crippen LogP) is 0.0650. The molecule has 1 atom stereocenters. The van der Waals surface area contributed by atoms with Crippen LogP contribution >= 0.6 is 0 Å². The Balaban J connectivity index is 2.33. The van der Waals surface area contributed by atoms with Gasteiger partial charge >= 0.3 is 0 Å². The van der Waals surface area contributed by atoms with Crippen LogP contribution in [0.3, 0.4) is 0 Å². The molecule has 1 aromatic carbocycles. The third kappa shape index (κ3) is 3.11. The van der Waals surface area contributed by atoms with E-state index in [0.29, 0.717) is 24.9 Å². The minimum absolute atomic E-state index is 0.0972. The molecule has 0 saturated carbocycles. The molecule has 1 fully saturated rings. The van der Waals surface area contributed by atoms with E-state index in [4.69, 9.17) is 5.73 Å². The van der Waals surface area contributed by atoms with Gasteiger partial charge in [-0.15, -0.1) is 0 Å². The summed E-state index contributed by atoms with van der Waals surface area (Å²) >= 11 is 0. The van der Waals surface area contributed by atoms with Crippen molar-refractivity contribution >= 4 is 17.7 Å². The first-order valence-corrected chi connectivity index (χ1v) is 7.01. The van der Waals surface area contributed by atoms with E-state index in [9.17, 15) is 14.4 Å². The molecule has 1 aromatic rings. The number of piperazine rings is 1. The molecule has 0 radical (unpaired) electrons. The number of nitrogens with two attached hydrogens (primary N) is 1. The van der Waals surface area contributed by atoms with Gasteiger partial charge in [0.05, 0.1) is 0 Å². The fourth-order valence-electron chi connectivity index (χ4n) is 2.54. The quantitative estimate of drug-likeness (QED) is 0.767. The fraction of sp³-hybridized carbons (Fsp3) is 0.400. The molecule has 0 bridgehead atoms. The molecule has 1 unspecified atom stereocenters. The normalized spacial score (nSPS) is 18.6. The Morgan fingerprint density at radius 3 is 2.76 bits per heavy atom. The fourth-order valence-corrected chi connectivity index (χ4v) is 2.54. The van der Waals surface area contributed by atoms with Crippen LogP contribution in [0.15, 0.2) is 24.3 Å². The van der Waals surface area contributed by atoms with Crippen LogP contribution < -0.4 is 11.1 Å². The standard InChI is InChI=1S/C15H19N3O3/c1-2-12-14(20)17-13(19)9-18(12)15(21)11-6-4-3-5-10(11)7-8-16/h3-6,12H,2,7-9,16H2,1H3,(H,17,19,20). The highest BCUT2D eigenvalue weighted by Crippen LogP contribution is 2.17. The number of amides is 3. The van der Waals surface area contributed by atoms with Gasteiger partial charge in [-0.25, -0.2) is 0 Å². The van der Waals surface area contributed by atoms with Crippen LogP contribution in [0.4, 0.5) is 0 Å². The van der Waals surface area contributed by atoms with Crippen LogP contribution in [0.1, 0.15) is 29.3 Å². The van der Waals surface area contributed by atoms with Crippen LogP contribution in [0.2, 0.25) is 0 Å². The maximum absolute atomic E-state index is 12.7. The predicted molar refractivity (Wildman–Crippen MR) is 77.5 cm³/mol. The van der Waals surface area contributed by atoms with Crippen molar-refractivity contribution in [2.24, 2.45) is 5.73 Å². The molecule has 6 heteroatoms. The monoisotopic (exact) mass is 289 g/mol. The van der Waals surface area contributed by atoms with Gasteiger partial charge in [0.1, 0.15) is 12.6 Å². The van der Waals surface area contributed by atoms with Gasteiger partial charge in [0.25, 0.3) is 5.91 Å². The third-order valence-electron chi connectivity index (χ3n) is 3.56. The van der Waals surface area contributed by atoms with E-state index < -0.39 is 17.9 Å². The van der Waals surface area contributed by atoms with Crippen LogP contribution in [0.5, 0.6) is 0 Å². The van der Waals surface area contributed by atoms with Crippen LogP contribution in [-0.2, 0) is 16.0 Å². The molecule has 112 valence electrons. The lowest BCUT2D eigenvalue weighted by atomic mass is 10.0. The third-order valence-corrected chi connectivity index (χ3v) is 3.56. The van der Waals surface area contributed by atoms with E-state index in [1.165, 1.54) is 4.90 Å². The molecule has 6 nitrogen and oxygen atoms in total. The number of nitrogens with zero attached hydrogens (tertiary/aromatic N) is 1. The van der Waals surface area contributed by atoms with Crippen molar-refractivity contribution in [2.45, 2.75) is 25.8 Å². The molecule has 1 heterocycles. The molecule has 3 N–H and O–H groups in total. The zero-order chi connectivity index (χ0) is 15.4. The first-order valence-electron chi connectivity index (χ1n) is 7.01. The average Bonchev–Trinajstić information content (AvgIpc) is 2.47. The summed E-state index contributed by atoms with van der Waals surface area (Å²) in [4.78, 5) is 37.4. The lowest BCUT2D eigenvalue weighted by molar-refractivity contribution is -0.138. The summed E-state index contributed by atoms with van der Waals surface area (Å²) in [6.07, 6.45) is 1.04. The van der Waals surface area contributed by atoms with Gasteiger partial charge < -0.3 is 10.6 Å². The van der Waals surface area contributed by atoms with Crippen molar-refractivity contribution in [2.75, 3.05) is 13.1 Å². The Kier molecular flexibility index (Phi) is 4.70. The van der Waals surface area contributed by atoms with E-state index in [-0.39, 0.29) is 12.5 Å². The van der Waals surface area contributed by atoms with E-state index in [2.05, 4.69) is 5.32 Å². The Morgan fingerprint density at radius 2 is 2.10 bits per heavy atom. The highest BCUT2D eigenvalue weighted by atomic mass is 16.2. The van der Waals surface area contributed by atoms with Crippen molar-refractivity contribution < 1.29 is 14.4 Å². The number of carbonyl (C=O) groups is 3. The minimum atomic E-state index is -0.610. The first-order chi connectivity index (χ1) is 10.1. The smallest absolute Gasteiger partial charge is 0.255 e. The lowest BCUT2D eigenvalue weighted by Crippen LogP contribution is -2.59. The topological polar surface area (TPSA) is 92.5 Å². The molecule has 0 aromatic heterocycles. The highest BCUT2D eigenvalue weighted by Gasteiger charge is 2.36. The van der Waals surface area contributed by atoms with Crippen molar-refractivity contribution in [3.8, 4) is 0 Å². The molecule has 0 aliphatic carbocycles. The maximum atomic E-state index is 12.7.